The summed E-state index contributed by atoms with van der Waals surface area (Å²) in [6.07, 6.45) is 0.628. The first-order valence-corrected chi connectivity index (χ1v) is 9.87. The molecule has 0 saturated carbocycles. The van der Waals surface area contributed by atoms with Gasteiger partial charge < -0.3 is 10.2 Å². The molecule has 2 aliphatic heterocycles. The molecule has 2 aliphatic rings. The van der Waals surface area contributed by atoms with Crippen molar-refractivity contribution in [3.05, 3.63) is 24.3 Å². The summed E-state index contributed by atoms with van der Waals surface area (Å²) >= 11 is 1.21. The minimum atomic E-state index is -3.20. The SMILES string of the molecule is O=C(CN1CCSC1=O)Nc1ccc(N2CCCS2(=O)=O)cc1. The first-order valence-electron chi connectivity index (χ1n) is 7.28. The van der Waals surface area contributed by atoms with Crippen molar-refractivity contribution in [2.45, 2.75) is 6.42 Å². The van der Waals surface area contributed by atoms with Crippen LogP contribution in [-0.2, 0) is 14.8 Å². The van der Waals surface area contributed by atoms with Gasteiger partial charge in [-0.15, -0.1) is 0 Å². The molecular formula is C14H17N3O4S2. The Morgan fingerprint density at radius 1 is 1.22 bits per heavy atom. The van der Waals surface area contributed by atoms with Gasteiger partial charge >= 0.3 is 0 Å². The maximum absolute atomic E-state index is 11.9. The van der Waals surface area contributed by atoms with Gasteiger partial charge in [0.2, 0.25) is 15.9 Å². The van der Waals surface area contributed by atoms with Crippen LogP contribution in [0.1, 0.15) is 6.42 Å². The van der Waals surface area contributed by atoms with E-state index >= 15 is 0 Å². The van der Waals surface area contributed by atoms with E-state index in [1.165, 1.54) is 21.0 Å². The Kier molecular flexibility index (Phi) is 4.49. The number of amides is 2. The van der Waals surface area contributed by atoms with Crippen LogP contribution in [0.15, 0.2) is 24.3 Å². The average Bonchev–Trinajstić information content (AvgIpc) is 3.05. The minimum absolute atomic E-state index is 0.0358. The van der Waals surface area contributed by atoms with Gasteiger partial charge in [-0.3, -0.25) is 13.9 Å². The van der Waals surface area contributed by atoms with Crippen molar-refractivity contribution in [1.82, 2.24) is 4.90 Å². The maximum Gasteiger partial charge on any atom is 0.282 e. The van der Waals surface area contributed by atoms with Gasteiger partial charge in [0.1, 0.15) is 6.54 Å². The molecule has 9 heteroatoms. The second-order valence-corrected chi connectivity index (χ2v) is 8.43. The van der Waals surface area contributed by atoms with Crippen molar-refractivity contribution in [2.24, 2.45) is 0 Å². The van der Waals surface area contributed by atoms with Crippen LogP contribution >= 0.6 is 11.8 Å². The van der Waals surface area contributed by atoms with E-state index in [0.717, 1.165) is 0 Å². The Bertz CT molecular complexity index is 718. The molecule has 23 heavy (non-hydrogen) atoms. The second-order valence-electron chi connectivity index (χ2n) is 5.37. The quantitative estimate of drug-likeness (QED) is 0.881. The number of carbonyl (C=O) groups excluding carboxylic acids is 2. The number of thioether (sulfide) groups is 1. The number of nitrogens with one attached hydrogen (secondary N) is 1. The third kappa shape index (κ3) is 3.61. The molecule has 2 heterocycles. The zero-order chi connectivity index (χ0) is 16.4. The maximum atomic E-state index is 11.9. The molecule has 1 aromatic carbocycles. The normalized spacial score (nSPS) is 20.1. The van der Waals surface area contributed by atoms with Crippen LogP contribution in [0.25, 0.3) is 0 Å². The summed E-state index contributed by atoms with van der Waals surface area (Å²) in [4.78, 5) is 24.9. The lowest BCUT2D eigenvalue weighted by atomic mass is 10.2. The van der Waals surface area contributed by atoms with Crippen LogP contribution < -0.4 is 9.62 Å². The van der Waals surface area contributed by atoms with Crippen molar-refractivity contribution in [3.63, 3.8) is 0 Å². The number of hydrogen-bond acceptors (Lipinski definition) is 5. The van der Waals surface area contributed by atoms with Crippen molar-refractivity contribution in [1.29, 1.82) is 0 Å². The fraction of sp³-hybridized carbons (Fsp3) is 0.429. The zero-order valence-corrected chi connectivity index (χ0v) is 14.0. The predicted octanol–water partition coefficient (Wildman–Crippen LogP) is 1.33. The van der Waals surface area contributed by atoms with E-state index in [-0.39, 0.29) is 23.4 Å². The Labute approximate surface area is 139 Å². The zero-order valence-electron chi connectivity index (χ0n) is 12.4. The molecular weight excluding hydrogens is 338 g/mol. The van der Waals surface area contributed by atoms with Crippen molar-refractivity contribution >= 4 is 44.3 Å². The smallest absolute Gasteiger partial charge is 0.282 e. The Morgan fingerprint density at radius 3 is 2.52 bits per heavy atom. The van der Waals surface area contributed by atoms with E-state index in [2.05, 4.69) is 5.32 Å². The monoisotopic (exact) mass is 355 g/mol. The van der Waals surface area contributed by atoms with Crippen molar-refractivity contribution < 1.29 is 18.0 Å². The lowest BCUT2D eigenvalue weighted by Gasteiger charge is -2.17. The lowest BCUT2D eigenvalue weighted by Crippen LogP contribution is -2.33. The minimum Gasteiger partial charge on any atom is -0.325 e. The number of hydrogen-bond donors (Lipinski definition) is 1. The fourth-order valence-electron chi connectivity index (χ4n) is 2.58. The molecule has 2 fully saturated rings. The molecule has 3 rings (SSSR count). The number of sulfonamides is 1. The highest BCUT2D eigenvalue weighted by Gasteiger charge is 2.28. The van der Waals surface area contributed by atoms with Crippen LogP contribution in [-0.4, -0.2) is 55.6 Å². The summed E-state index contributed by atoms with van der Waals surface area (Å²) in [7, 11) is -3.20. The molecule has 0 bridgehead atoms. The fourth-order valence-corrected chi connectivity index (χ4v) is 4.97. The number of anilines is 2. The predicted molar refractivity (Wildman–Crippen MR) is 90.2 cm³/mol. The standard InChI is InChI=1S/C14H17N3O4S2/c18-13(10-16-7-8-22-14(16)19)15-11-2-4-12(5-3-11)17-6-1-9-23(17,20)21/h2-5H,1,6-10H2,(H,15,18). The van der Waals surface area contributed by atoms with Gasteiger partial charge in [0.25, 0.3) is 5.24 Å². The lowest BCUT2D eigenvalue weighted by molar-refractivity contribution is -0.116. The molecule has 7 nitrogen and oxygen atoms in total. The van der Waals surface area contributed by atoms with Gasteiger partial charge in [-0.25, -0.2) is 8.42 Å². The molecule has 0 radical (unpaired) electrons. The van der Waals surface area contributed by atoms with Gasteiger partial charge in [-0.2, -0.15) is 0 Å². The highest BCUT2D eigenvalue weighted by molar-refractivity contribution is 8.13. The Morgan fingerprint density at radius 2 is 1.96 bits per heavy atom. The largest absolute Gasteiger partial charge is 0.325 e. The van der Waals surface area contributed by atoms with Crippen LogP contribution in [0, 0.1) is 0 Å². The molecule has 2 saturated heterocycles. The van der Waals surface area contributed by atoms with Crippen LogP contribution in [0.2, 0.25) is 0 Å². The molecule has 0 unspecified atom stereocenters. The third-order valence-electron chi connectivity index (χ3n) is 3.72. The highest BCUT2D eigenvalue weighted by Crippen LogP contribution is 2.25. The Hall–Kier alpha value is -1.74. The Balaban J connectivity index is 1.61. The summed E-state index contributed by atoms with van der Waals surface area (Å²) in [5.41, 5.74) is 1.18. The molecule has 1 aromatic rings. The molecule has 0 aliphatic carbocycles. The van der Waals surface area contributed by atoms with Gasteiger partial charge in [-0.1, -0.05) is 11.8 Å². The topological polar surface area (TPSA) is 86.8 Å². The van der Waals surface area contributed by atoms with Crippen molar-refractivity contribution in [3.8, 4) is 0 Å². The number of benzene rings is 1. The van der Waals surface area contributed by atoms with Gasteiger partial charge in [0, 0.05) is 24.5 Å². The average molecular weight is 355 g/mol. The summed E-state index contributed by atoms with van der Waals surface area (Å²) in [6.45, 7) is 1.11. The molecule has 1 N–H and O–H groups in total. The number of rotatable bonds is 4. The first-order chi connectivity index (χ1) is 11.0. The summed E-state index contributed by atoms with van der Waals surface area (Å²) in [5, 5.41) is 2.64. The van der Waals surface area contributed by atoms with Gasteiger partial charge in [-0.05, 0) is 30.7 Å². The van der Waals surface area contributed by atoms with Crippen LogP contribution in [0.3, 0.4) is 0 Å². The molecule has 0 spiro atoms. The van der Waals surface area contributed by atoms with E-state index in [1.54, 1.807) is 24.3 Å². The highest BCUT2D eigenvalue weighted by atomic mass is 32.2. The molecule has 0 atom stereocenters. The summed E-state index contributed by atoms with van der Waals surface area (Å²) < 4.78 is 25.1. The first kappa shape index (κ1) is 16.1. The van der Waals surface area contributed by atoms with E-state index in [9.17, 15) is 18.0 Å². The molecule has 2 amide bonds. The second kappa shape index (κ2) is 6.40. The molecule has 124 valence electrons. The van der Waals surface area contributed by atoms with Crippen LogP contribution in [0.4, 0.5) is 16.2 Å². The van der Waals surface area contributed by atoms with E-state index in [4.69, 9.17) is 0 Å². The summed E-state index contributed by atoms with van der Waals surface area (Å²) in [5.74, 6) is 0.626. The van der Waals surface area contributed by atoms with Crippen molar-refractivity contribution in [2.75, 3.05) is 40.8 Å². The number of carbonyl (C=O) groups is 2. The van der Waals surface area contributed by atoms with E-state index in [1.807, 2.05) is 0 Å². The van der Waals surface area contributed by atoms with E-state index in [0.29, 0.717) is 36.6 Å². The van der Waals surface area contributed by atoms with Gasteiger partial charge in [0.05, 0.1) is 11.4 Å². The van der Waals surface area contributed by atoms with E-state index < -0.39 is 10.0 Å². The summed E-state index contributed by atoms with van der Waals surface area (Å²) in [6, 6.07) is 6.69. The third-order valence-corrected chi connectivity index (χ3v) is 6.48. The van der Waals surface area contributed by atoms with Gasteiger partial charge in [0.15, 0.2) is 0 Å². The van der Waals surface area contributed by atoms with Crippen LogP contribution in [0.5, 0.6) is 0 Å². The molecule has 0 aromatic heterocycles. The number of nitrogens with zero attached hydrogens (tertiary/aromatic N) is 2.